The Morgan fingerprint density at radius 3 is 2.86 bits per heavy atom. The predicted octanol–water partition coefficient (Wildman–Crippen LogP) is 1.82. The lowest BCUT2D eigenvalue weighted by Gasteiger charge is -2.37. The van der Waals surface area contributed by atoms with Crippen molar-refractivity contribution < 1.29 is 9.59 Å². The molecule has 0 N–H and O–H groups in total. The largest absolute Gasteiger partial charge is 0.339 e. The minimum atomic E-state index is -0.680. The summed E-state index contributed by atoms with van der Waals surface area (Å²) in [5, 5.41) is 0. The molecule has 0 radical (unpaired) electrons. The van der Waals surface area contributed by atoms with E-state index in [2.05, 4.69) is 6.92 Å². The van der Waals surface area contributed by atoms with Gasteiger partial charge in [-0.15, -0.1) is 0 Å². The first-order chi connectivity index (χ1) is 10.1. The number of piperidine rings is 1. The van der Waals surface area contributed by atoms with Crippen LogP contribution in [0.25, 0.3) is 0 Å². The Morgan fingerprint density at radius 2 is 2.19 bits per heavy atom. The average Bonchev–Trinajstić information content (AvgIpc) is 3.31. The molecule has 1 unspecified atom stereocenters. The monoisotopic (exact) mass is 291 g/mol. The molecule has 5 heteroatoms. The number of rotatable bonds is 4. The van der Waals surface area contributed by atoms with Crippen LogP contribution in [0.4, 0.5) is 0 Å². The van der Waals surface area contributed by atoms with Crippen molar-refractivity contribution >= 4 is 17.6 Å². The smallest absolute Gasteiger partial charge is 0.257 e. The standard InChI is InChI=1S/C16H25N3O2/c1-3-4-6-13-17-16(15(21)18(13)2)9-5-10-19(11-16)14(20)12-7-8-12/h12H,3-11H2,1-2H3. The minimum Gasteiger partial charge on any atom is -0.339 e. The first-order valence-corrected chi connectivity index (χ1v) is 8.23. The van der Waals surface area contributed by atoms with Crippen LogP contribution < -0.4 is 0 Å². The number of aliphatic imine (C=N–C) groups is 1. The summed E-state index contributed by atoms with van der Waals surface area (Å²) in [6.45, 7) is 3.42. The molecular weight excluding hydrogens is 266 g/mol. The number of nitrogens with zero attached hydrogens (tertiary/aromatic N) is 3. The topological polar surface area (TPSA) is 53.0 Å². The molecule has 1 saturated heterocycles. The van der Waals surface area contributed by atoms with Crippen LogP contribution in [-0.4, -0.2) is 53.1 Å². The van der Waals surface area contributed by atoms with E-state index in [1.54, 1.807) is 4.90 Å². The van der Waals surface area contributed by atoms with E-state index in [9.17, 15) is 9.59 Å². The van der Waals surface area contributed by atoms with Gasteiger partial charge in [-0.3, -0.25) is 14.6 Å². The van der Waals surface area contributed by atoms with E-state index in [0.29, 0.717) is 6.54 Å². The van der Waals surface area contributed by atoms with Gasteiger partial charge in [0.2, 0.25) is 5.91 Å². The summed E-state index contributed by atoms with van der Waals surface area (Å²) in [5.74, 6) is 1.45. The van der Waals surface area contributed by atoms with Crippen molar-refractivity contribution in [1.29, 1.82) is 0 Å². The van der Waals surface area contributed by atoms with Gasteiger partial charge in [0.1, 0.15) is 5.84 Å². The van der Waals surface area contributed by atoms with Crippen LogP contribution in [0.15, 0.2) is 4.99 Å². The molecule has 2 fully saturated rings. The summed E-state index contributed by atoms with van der Waals surface area (Å²) in [4.78, 5) is 33.4. The van der Waals surface area contributed by atoms with Crippen LogP contribution in [-0.2, 0) is 9.59 Å². The van der Waals surface area contributed by atoms with Gasteiger partial charge in [-0.2, -0.15) is 0 Å². The molecule has 2 amide bonds. The number of amidine groups is 1. The molecule has 2 aliphatic heterocycles. The summed E-state index contributed by atoms with van der Waals surface area (Å²) in [6.07, 6.45) is 6.69. The zero-order chi connectivity index (χ0) is 15.0. The number of carbonyl (C=O) groups is 2. The van der Waals surface area contributed by atoms with Crippen LogP contribution in [0.3, 0.4) is 0 Å². The SMILES string of the molecule is CCCCC1=NC2(CCCN(C(=O)C3CC3)C2)C(=O)N1C. The summed E-state index contributed by atoms with van der Waals surface area (Å²) >= 11 is 0. The number of unbranched alkanes of at least 4 members (excludes halogenated alkanes) is 1. The maximum Gasteiger partial charge on any atom is 0.257 e. The van der Waals surface area contributed by atoms with Crippen molar-refractivity contribution in [3.63, 3.8) is 0 Å². The molecule has 0 aromatic heterocycles. The van der Waals surface area contributed by atoms with Gasteiger partial charge >= 0.3 is 0 Å². The molecule has 5 nitrogen and oxygen atoms in total. The Kier molecular flexibility index (Phi) is 3.76. The summed E-state index contributed by atoms with van der Waals surface area (Å²) in [7, 11) is 1.83. The summed E-state index contributed by atoms with van der Waals surface area (Å²) in [5.41, 5.74) is -0.680. The van der Waals surface area contributed by atoms with Gasteiger partial charge in [-0.1, -0.05) is 13.3 Å². The second-order valence-corrected chi connectivity index (χ2v) is 6.66. The second-order valence-electron chi connectivity index (χ2n) is 6.66. The van der Waals surface area contributed by atoms with E-state index >= 15 is 0 Å². The Morgan fingerprint density at radius 1 is 1.43 bits per heavy atom. The van der Waals surface area contributed by atoms with E-state index in [0.717, 1.165) is 57.3 Å². The zero-order valence-corrected chi connectivity index (χ0v) is 13.1. The Bertz CT molecular complexity index is 484. The van der Waals surface area contributed by atoms with E-state index < -0.39 is 5.54 Å². The normalized spacial score (nSPS) is 29.2. The number of amides is 2. The van der Waals surface area contributed by atoms with Gasteiger partial charge in [0.25, 0.3) is 5.91 Å². The molecule has 3 aliphatic rings. The maximum atomic E-state index is 12.7. The van der Waals surface area contributed by atoms with Crippen molar-refractivity contribution in [2.75, 3.05) is 20.1 Å². The van der Waals surface area contributed by atoms with Crippen LogP contribution in [0.2, 0.25) is 0 Å². The van der Waals surface area contributed by atoms with Gasteiger partial charge in [0, 0.05) is 25.9 Å². The van der Waals surface area contributed by atoms with Gasteiger partial charge < -0.3 is 9.80 Å². The highest BCUT2D eigenvalue weighted by atomic mass is 16.2. The van der Waals surface area contributed by atoms with Crippen LogP contribution >= 0.6 is 0 Å². The highest BCUT2D eigenvalue weighted by molar-refractivity contribution is 6.08. The molecular formula is C16H25N3O2. The Balaban J connectivity index is 1.77. The fourth-order valence-corrected chi connectivity index (χ4v) is 3.44. The molecule has 21 heavy (non-hydrogen) atoms. The zero-order valence-electron chi connectivity index (χ0n) is 13.1. The van der Waals surface area contributed by atoms with Crippen LogP contribution in [0.1, 0.15) is 51.9 Å². The molecule has 1 atom stereocenters. The third-order valence-electron chi connectivity index (χ3n) is 4.90. The van der Waals surface area contributed by atoms with Gasteiger partial charge in [0.15, 0.2) is 5.54 Å². The lowest BCUT2D eigenvalue weighted by molar-refractivity contribution is -0.139. The average molecular weight is 291 g/mol. The third-order valence-corrected chi connectivity index (χ3v) is 4.90. The molecule has 2 heterocycles. The number of carbonyl (C=O) groups excluding carboxylic acids is 2. The lowest BCUT2D eigenvalue weighted by atomic mass is 9.89. The first kappa shape index (κ1) is 14.5. The number of likely N-dealkylation sites (tertiary alicyclic amines) is 1. The molecule has 1 aliphatic carbocycles. The molecule has 116 valence electrons. The van der Waals surface area contributed by atoms with Crippen LogP contribution in [0, 0.1) is 5.92 Å². The van der Waals surface area contributed by atoms with Crippen LogP contribution in [0.5, 0.6) is 0 Å². The van der Waals surface area contributed by atoms with Crippen molar-refractivity contribution in [1.82, 2.24) is 9.80 Å². The van der Waals surface area contributed by atoms with Crippen molar-refractivity contribution in [3.8, 4) is 0 Å². The quantitative estimate of drug-likeness (QED) is 0.793. The third kappa shape index (κ3) is 2.58. The number of hydrogen-bond acceptors (Lipinski definition) is 3. The number of hydrogen-bond donors (Lipinski definition) is 0. The molecule has 1 saturated carbocycles. The second kappa shape index (κ2) is 5.43. The Hall–Kier alpha value is -1.39. The molecule has 0 bridgehead atoms. The molecule has 0 aromatic rings. The van der Waals surface area contributed by atoms with Crippen molar-refractivity contribution in [3.05, 3.63) is 0 Å². The first-order valence-electron chi connectivity index (χ1n) is 8.23. The van der Waals surface area contributed by atoms with Crippen molar-refractivity contribution in [2.24, 2.45) is 10.9 Å². The highest BCUT2D eigenvalue weighted by Crippen LogP contribution is 2.36. The highest BCUT2D eigenvalue weighted by Gasteiger charge is 2.50. The summed E-state index contributed by atoms with van der Waals surface area (Å²) in [6, 6.07) is 0. The fraction of sp³-hybridized carbons (Fsp3) is 0.812. The van der Waals surface area contributed by atoms with E-state index in [4.69, 9.17) is 4.99 Å². The maximum absolute atomic E-state index is 12.7. The molecule has 0 aromatic carbocycles. The lowest BCUT2D eigenvalue weighted by Crippen LogP contribution is -2.54. The Labute approximate surface area is 126 Å². The van der Waals surface area contributed by atoms with Gasteiger partial charge in [-0.05, 0) is 32.1 Å². The fourth-order valence-electron chi connectivity index (χ4n) is 3.44. The van der Waals surface area contributed by atoms with E-state index in [1.165, 1.54) is 0 Å². The van der Waals surface area contributed by atoms with Gasteiger partial charge in [-0.25, -0.2) is 0 Å². The van der Waals surface area contributed by atoms with E-state index in [-0.39, 0.29) is 17.7 Å². The summed E-state index contributed by atoms with van der Waals surface area (Å²) < 4.78 is 0. The minimum absolute atomic E-state index is 0.0851. The molecule has 1 spiro atoms. The van der Waals surface area contributed by atoms with Crippen molar-refractivity contribution in [2.45, 2.75) is 57.4 Å². The van der Waals surface area contributed by atoms with E-state index in [1.807, 2.05) is 11.9 Å². The molecule has 3 rings (SSSR count). The predicted molar refractivity (Wildman–Crippen MR) is 81.0 cm³/mol. The van der Waals surface area contributed by atoms with Gasteiger partial charge in [0.05, 0.1) is 6.54 Å². The number of likely N-dealkylation sites (N-methyl/N-ethyl adjacent to an activating group) is 1.